The molecule has 0 aromatic heterocycles. The number of halogens is 2. The SMILES string of the molecule is CS(=O)(=O)c1c(F)cc(C(N)CCC(=O)O)c(O)c1F. The van der Waals surface area contributed by atoms with Gasteiger partial charge in [0.15, 0.2) is 21.4 Å². The number of carboxylic acids is 1. The molecule has 0 saturated carbocycles. The molecule has 0 aliphatic rings. The highest BCUT2D eigenvalue weighted by molar-refractivity contribution is 7.90. The van der Waals surface area contributed by atoms with Crippen LogP contribution in [0.4, 0.5) is 8.78 Å². The van der Waals surface area contributed by atoms with Crippen LogP contribution in [-0.4, -0.2) is 30.9 Å². The average molecular weight is 309 g/mol. The molecule has 20 heavy (non-hydrogen) atoms. The molecule has 0 aliphatic heterocycles. The van der Waals surface area contributed by atoms with Gasteiger partial charge in [-0.05, 0) is 12.5 Å². The van der Waals surface area contributed by atoms with Crippen LogP contribution in [0.3, 0.4) is 0 Å². The highest BCUT2D eigenvalue weighted by Gasteiger charge is 2.27. The molecule has 0 fully saturated rings. The van der Waals surface area contributed by atoms with Gasteiger partial charge < -0.3 is 15.9 Å². The molecule has 0 radical (unpaired) electrons. The van der Waals surface area contributed by atoms with Crippen LogP contribution in [0.5, 0.6) is 5.75 Å². The number of carboxylic acid groups (broad SMARTS) is 1. The smallest absolute Gasteiger partial charge is 0.303 e. The lowest BCUT2D eigenvalue weighted by Crippen LogP contribution is -2.15. The number of hydrogen-bond donors (Lipinski definition) is 3. The van der Waals surface area contributed by atoms with E-state index in [1.807, 2.05) is 0 Å². The summed E-state index contributed by atoms with van der Waals surface area (Å²) in [5.41, 5.74) is 5.15. The number of hydrogen-bond acceptors (Lipinski definition) is 5. The van der Waals surface area contributed by atoms with Gasteiger partial charge in [0.1, 0.15) is 10.7 Å². The highest BCUT2D eigenvalue weighted by Crippen LogP contribution is 2.34. The van der Waals surface area contributed by atoms with E-state index in [0.717, 1.165) is 0 Å². The van der Waals surface area contributed by atoms with E-state index in [9.17, 15) is 27.1 Å². The van der Waals surface area contributed by atoms with Crippen LogP contribution in [0.15, 0.2) is 11.0 Å². The predicted octanol–water partition coefficient (Wildman–Crippen LogP) is 0.939. The zero-order valence-corrected chi connectivity index (χ0v) is 11.2. The standard InChI is InChI=1S/C11H13F2NO5S/c1-20(18,19)11-6(12)4-5(10(17)9(11)13)7(14)2-3-8(15)16/h4,7,17H,2-3,14H2,1H3,(H,15,16). The Morgan fingerprint density at radius 1 is 1.45 bits per heavy atom. The van der Waals surface area contributed by atoms with Crippen LogP contribution in [0.1, 0.15) is 24.4 Å². The van der Waals surface area contributed by atoms with E-state index in [-0.39, 0.29) is 18.4 Å². The Morgan fingerprint density at radius 3 is 2.45 bits per heavy atom. The second-order valence-corrected chi connectivity index (χ2v) is 6.20. The van der Waals surface area contributed by atoms with E-state index in [1.54, 1.807) is 0 Å². The zero-order chi connectivity index (χ0) is 15.7. The Kier molecular flexibility index (Phi) is 4.66. The lowest BCUT2D eigenvalue weighted by molar-refractivity contribution is -0.137. The lowest BCUT2D eigenvalue weighted by atomic mass is 10.0. The Morgan fingerprint density at radius 2 is 2.00 bits per heavy atom. The molecule has 0 saturated heterocycles. The highest BCUT2D eigenvalue weighted by atomic mass is 32.2. The first-order valence-corrected chi connectivity index (χ1v) is 7.33. The number of aromatic hydroxyl groups is 1. The van der Waals surface area contributed by atoms with Crippen molar-refractivity contribution in [3.05, 3.63) is 23.3 Å². The van der Waals surface area contributed by atoms with Crippen molar-refractivity contribution in [1.82, 2.24) is 0 Å². The van der Waals surface area contributed by atoms with E-state index < -0.39 is 44.1 Å². The molecule has 0 bridgehead atoms. The van der Waals surface area contributed by atoms with Crippen LogP contribution in [-0.2, 0) is 14.6 Å². The number of aliphatic carboxylic acids is 1. The number of benzene rings is 1. The number of sulfone groups is 1. The molecule has 0 amide bonds. The minimum Gasteiger partial charge on any atom is -0.505 e. The van der Waals surface area contributed by atoms with Crippen LogP contribution < -0.4 is 5.73 Å². The van der Waals surface area contributed by atoms with Crippen molar-refractivity contribution in [3.63, 3.8) is 0 Å². The Balaban J connectivity index is 3.29. The van der Waals surface area contributed by atoms with Crippen LogP contribution in [0, 0.1) is 11.6 Å². The average Bonchev–Trinajstić information content (AvgIpc) is 2.29. The van der Waals surface area contributed by atoms with Gasteiger partial charge in [-0.1, -0.05) is 0 Å². The van der Waals surface area contributed by atoms with Gasteiger partial charge in [-0.3, -0.25) is 4.79 Å². The fourth-order valence-electron chi connectivity index (χ4n) is 1.67. The maximum absolute atomic E-state index is 13.7. The number of nitrogens with two attached hydrogens (primary N) is 1. The van der Waals surface area contributed by atoms with Crippen molar-refractivity contribution >= 4 is 15.8 Å². The molecule has 1 unspecified atom stereocenters. The number of phenols is 1. The lowest BCUT2D eigenvalue weighted by Gasteiger charge is -2.15. The van der Waals surface area contributed by atoms with Crippen molar-refractivity contribution in [2.45, 2.75) is 23.8 Å². The molecule has 0 aliphatic carbocycles. The summed E-state index contributed by atoms with van der Waals surface area (Å²) >= 11 is 0. The first-order chi connectivity index (χ1) is 9.05. The Labute approximate surface area is 113 Å². The van der Waals surface area contributed by atoms with Crippen LogP contribution in [0.2, 0.25) is 0 Å². The summed E-state index contributed by atoms with van der Waals surface area (Å²) in [6.45, 7) is 0. The van der Waals surface area contributed by atoms with Gasteiger partial charge in [0.05, 0.1) is 0 Å². The third kappa shape index (κ3) is 3.42. The first-order valence-electron chi connectivity index (χ1n) is 5.44. The van der Waals surface area contributed by atoms with E-state index >= 15 is 0 Å². The van der Waals surface area contributed by atoms with E-state index in [1.165, 1.54) is 0 Å². The zero-order valence-electron chi connectivity index (χ0n) is 10.4. The predicted molar refractivity (Wildman–Crippen MR) is 64.9 cm³/mol. The van der Waals surface area contributed by atoms with Crippen molar-refractivity contribution < 1.29 is 32.2 Å². The van der Waals surface area contributed by atoms with Gasteiger partial charge in [0.25, 0.3) is 0 Å². The summed E-state index contributed by atoms with van der Waals surface area (Å²) in [7, 11) is -4.20. The quantitative estimate of drug-likeness (QED) is 0.745. The molecule has 1 aromatic rings. The fourth-order valence-corrected chi connectivity index (χ4v) is 2.50. The molecular formula is C11H13F2NO5S. The molecule has 0 spiro atoms. The molecular weight excluding hydrogens is 296 g/mol. The fraction of sp³-hybridized carbons (Fsp3) is 0.364. The third-order valence-corrected chi connectivity index (χ3v) is 3.74. The number of rotatable bonds is 5. The maximum atomic E-state index is 13.7. The van der Waals surface area contributed by atoms with Crippen molar-refractivity contribution in [2.75, 3.05) is 6.26 Å². The summed E-state index contributed by atoms with van der Waals surface area (Å²) in [5, 5.41) is 18.1. The Bertz CT molecular complexity index is 645. The van der Waals surface area contributed by atoms with E-state index in [4.69, 9.17) is 10.8 Å². The maximum Gasteiger partial charge on any atom is 0.303 e. The largest absolute Gasteiger partial charge is 0.505 e. The summed E-state index contributed by atoms with van der Waals surface area (Å²) in [5.74, 6) is -5.27. The normalized spacial score (nSPS) is 13.2. The molecule has 112 valence electrons. The summed E-state index contributed by atoms with van der Waals surface area (Å²) in [6, 6.07) is -0.537. The van der Waals surface area contributed by atoms with Gasteiger partial charge in [-0.15, -0.1) is 0 Å². The number of phenolic OH excluding ortho intramolecular Hbond substituents is 1. The molecule has 0 heterocycles. The minimum absolute atomic E-state index is 0.167. The monoisotopic (exact) mass is 309 g/mol. The summed E-state index contributed by atoms with van der Waals surface area (Å²) in [6.07, 6.45) is 0.0651. The summed E-state index contributed by atoms with van der Waals surface area (Å²) in [4.78, 5) is 9.15. The van der Waals surface area contributed by atoms with Gasteiger partial charge in [0, 0.05) is 24.3 Å². The van der Waals surface area contributed by atoms with E-state index in [0.29, 0.717) is 12.3 Å². The van der Waals surface area contributed by atoms with Gasteiger partial charge >= 0.3 is 5.97 Å². The van der Waals surface area contributed by atoms with Crippen LogP contribution in [0.25, 0.3) is 0 Å². The molecule has 6 nitrogen and oxygen atoms in total. The topological polar surface area (TPSA) is 118 Å². The first kappa shape index (κ1) is 16.3. The molecule has 1 atom stereocenters. The molecule has 1 rings (SSSR count). The van der Waals surface area contributed by atoms with Gasteiger partial charge in [0.2, 0.25) is 0 Å². The Hall–Kier alpha value is -1.74. The third-order valence-electron chi connectivity index (χ3n) is 2.62. The van der Waals surface area contributed by atoms with Crippen molar-refractivity contribution in [1.29, 1.82) is 0 Å². The second kappa shape index (κ2) is 5.71. The van der Waals surface area contributed by atoms with Crippen LogP contribution >= 0.6 is 0 Å². The van der Waals surface area contributed by atoms with Gasteiger partial charge in [-0.25, -0.2) is 17.2 Å². The molecule has 1 aromatic carbocycles. The molecule has 4 N–H and O–H groups in total. The minimum atomic E-state index is -4.20. The second-order valence-electron chi connectivity index (χ2n) is 4.25. The van der Waals surface area contributed by atoms with Gasteiger partial charge in [-0.2, -0.15) is 0 Å². The molecule has 9 heteroatoms. The number of carbonyl (C=O) groups is 1. The van der Waals surface area contributed by atoms with Crippen molar-refractivity contribution in [3.8, 4) is 5.75 Å². The van der Waals surface area contributed by atoms with Crippen molar-refractivity contribution in [2.24, 2.45) is 5.73 Å². The summed E-state index contributed by atoms with van der Waals surface area (Å²) < 4.78 is 49.8. The van der Waals surface area contributed by atoms with E-state index in [2.05, 4.69) is 0 Å².